The van der Waals surface area contributed by atoms with Crippen molar-refractivity contribution in [3.8, 4) is 0 Å². The zero-order chi connectivity index (χ0) is 26.5. The third kappa shape index (κ3) is 6.42. The van der Waals surface area contributed by atoms with E-state index in [1.807, 2.05) is 38.4 Å². The molecule has 1 saturated heterocycles. The molecule has 1 heterocycles. The van der Waals surface area contributed by atoms with E-state index >= 15 is 0 Å². The van der Waals surface area contributed by atoms with Crippen LogP contribution in [0.25, 0.3) is 0 Å². The fourth-order valence-electron chi connectivity index (χ4n) is 4.78. The number of aryl methyl sites for hydroxylation is 1. The van der Waals surface area contributed by atoms with E-state index in [0.717, 1.165) is 30.8 Å². The Morgan fingerprint density at radius 2 is 1.68 bits per heavy atom. The molecule has 0 unspecified atom stereocenters. The van der Waals surface area contributed by atoms with E-state index < -0.39 is 5.91 Å². The van der Waals surface area contributed by atoms with Gasteiger partial charge in [0.05, 0.1) is 21.8 Å². The molecule has 4 rings (SSSR count). The maximum absolute atomic E-state index is 13.0. The lowest BCUT2D eigenvalue weighted by atomic mass is 10.1. The van der Waals surface area contributed by atoms with Crippen molar-refractivity contribution in [2.24, 2.45) is 5.73 Å². The lowest BCUT2D eigenvalue weighted by Gasteiger charge is -2.38. The Hall–Kier alpha value is -3.55. The summed E-state index contributed by atoms with van der Waals surface area (Å²) in [6.07, 6.45) is 0. The molecule has 3 N–H and O–H groups in total. The van der Waals surface area contributed by atoms with Gasteiger partial charge in [-0.15, -0.1) is 0 Å². The van der Waals surface area contributed by atoms with E-state index in [1.54, 1.807) is 6.07 Å². The van der Waals surface area contributed by atoms with Crippen LogP contribution in [0.1, 0.15) is 37.4 Å². The van der Waals surface area contributed by atoms with Crippen LogP contribution in [-0.4, -0.2) is 57.0 Å². The number of nitrogens with two attached hydrogens (primary N) is 1. The zero-order valence-electron chi connectivity index (χ0n) is 21.6. The number of carbonyl (C=O) groups is 2. The molecule has 0 saturated carbocycles. The highest BCUT2D eigenvalue weighted by atomic mass is 35.5. The van der Waals surface area contributed by atoms with Gasteiger partial charge in [0, 0.05) is 45.0 Å². The standard InChI is InChI=1S/C29H34ClN5O2/c1-20-7-4-5-10-26(20)34-11-13-35(14-12-34)27-17-25(30)23(16-24(27)28(31)36)29(37)32-18-21-8-6-9-22(15-21)19-33(2)3/h4-10,15-17H,11-14,18-19H2,1-3H3,(H2,31,36)(H,32,37)/i24+2. The summed E-state index contributed by atoms with van der Waals surface area (Å²) in [6.45, 7) is 6.29. The number of hydrogen-bond acceptors (Lipinski definition) is 5. The second-order valence-corrected chi connectivity index (χ2v) is 10.1. The Balaban J connectivity index is 1.47. The first-order valence-corrected chi connectivity index (χ1v) is 12.8. The van der Waals surface area contributed by atoms with E-state index in [2.05, 4.69) is 51.2 Å². The summed E-state index contributed by atoms with van der Waals surface area (Å²) in [5, 5.41) is 3.21. The SMILES string of the molecule is Cc1ccccc1N1CCN(c2cc(Cl)c(C(=O)NCc3cccc(CN(C)C)c3)c[14c]2C(N)=O)CC1. The fourth-order valence-corrected chi connectivity index (χ4v) is 5.03. The molecule has 8 heteroatoms. The van der Waals surface area contributed by atoms with Gasteiger partial charge >= 0.3 is 0 Å². The number of carbonyl (C=O) groups excluding carboxylic acids is 2. The number of piperazine rings is 1. The molecule has 1 aliphatic rings. The molecule has 0 bridgehead atoms. The zero-order valence-corrected chi connectivity index (χ0v) is 22.4. The Morgan fingerprint density at radius 1 is 1.00 bits per heavy atom. The van der Waals surface area contributed by atoms with Gasteiger partial charge in [-0.1, -0.05) is 54.1 Å². The molecule has 2 amide bonds. The average Bonchev–Trinajstić information content (AvgIpc) is 2.87. The van der Waals surface area contributed by atoms with E-state index in [-0.39, 0.29) is 11.5 Å². The van der Waals surface area contributed by atoms with Gasteiger partial charge in [-0.2, -0.15) is 0 Å². The summed E-state index contributed by atoms with van der Waals surface area (Å²) in [6, 6.07) is 19.6. The molecule has 0 atom stereocenters. The van der Waals surface area contributed by atoms with E-state index in [0.29, 0.717) is 35.9 Å². The van der Waals surface area contributed by atoms with Crippen LogP contribution in [0.2, 0.25) is 5.02 Å². The Kier molecular flexibility index (Phi) is 8.36. The second-order valence-electron chi connectivity index (χ2n) is 9.71. The summed E-state index contributed by atoms with van der Waals surface area (Å²) < 4.78 is 0. The summed E-state index contributed by atoms with van der Waals surface area (Å²) in [5.74, 6) is -0.931. The second kappa shape index (κ2) is 11.7. The van der Waals surface area contributed by atoms with Crippen LogP contribution in [-0.2, 0) is 13.1 Å². The molecule has 0 spiro atoms. The number of hydrogen-bond donors (Lipinski definition) is 2. The minimum absolute atomic E-state index is 0.238. The van der Waals surface area contributed by atoms with Crippen molar-refractivity contribution in [3.05, 3.63) is 93.5 Å². The van der Waals surface area contributed by atoms with Gasteiger partial charge in [0.2, 0.25) is 0 Å². The first-order chi connectivity index (χ1) is 17.7. The molecular weight excluding hydrogens is 488 g/mol. The number of amides is 2. The van der Waals surface area contributed by atoms with Crippen LogP contribution in [0, 0.1) is 6.92 Å². The molecule has 3 aromatic carbocycles. The summed E-state index contributed by atoms with van der Waals surface area (Å²) in [4.78, 5) is 32.0. The molecule has 7 nitrogen and oxygen atoms in total. The third-order valence-corrected chi connectivity index (χ3v) is 6.93. The van der Waals surface area contributed by atoms with Crippen molar-refractivity contribution in [2.45, 2.75) is 20.0 Å². The first-order valence-electron chi connectivity index (χ1n) is 12.4. The normalized spacial score (nSPS) is 13.6. The molecular formula is C29H34ClN5O2. The van der Waals surface area contributed by atoms with Crippen LogP contribution < -0.4 is 20.9 Å². The van der Waals surface area contributed by atoms with Crippen molar-refractivity contribution in [3.63, 3.8) is 0 Å². The third-order valence-electron chi connectivity index (χ3n) is 6.62. The number of anilines is 2. The smallest absolute Gasteiger partial charge is 0.253 e. The van der Waals surface area contributed by atoms with Crippen LogP contribution in [0.15, 0.2) is 60.7 Å². The summed E-state index contributed by atoms with van der Waals surface area (Å²) in [5.41, 5.74) is 11.5. The van der Waals surface area contributed by atoms with Crippen molar-refractivity contribution < 1.29 is 9.59 Å². The summed E-state index contributed by atoms with van der Waals surface area (Å²) in [7, 11) is 4.03. The molecule has 0 radical (unpaired) electrons. The highest BCUT2D eigenvalue weighted by Gasteiger charge is 2.24. The molecule has 1 fully saturated rings. The molecule has 1 aliphatic heterocycles. The van der Waals surface area contributed by atoms with Crippen LogP contribution in [0.5, 0.6) is 0 Å². The lowest BCUT2D eigenvalue weighted by Crippen LogP contribution is -2.47. The quantitative estimate of drug-likeness (QED) is 0.467. The van der Waals surface area contributed by atoms with Gasteiger partial charge in [-0.05, 0) is 55.9 Å². The predicted octanol–water partition coefficient (Wildman–Crippen LogP) is 4.07. The van der Waals surface area contributed by atoms with Crippen molar-refractivity contribution in [1.82, 2.24) is 10.2 Å². The van der Waals surface area contributed by atoms with E-state index in [1.165, 1.54) is 17.3 Å². The molecule has 3 aromatic rings. The minimum atomic E-state index is -0.585. The maximum Gasteiger partial charge on any atom is 0.253 e. The fraction of sp³-hybridized carbons (Fsp3) is 0.310. The number of benzene rings is 3. The monoisotopic (exact) mass is 521 g/mol. The van der Waals surface area contributed by atoms with E-state index in [4.69, 9.17) is 17.3 Å². The predicted molar refractivity (Wildman–Crippen MR) is 151 cm³/mol. The van der Waals surface area contributed by atoms with Crippen molar-refractivity contribution in [2.75, 3.05) is 50.1 Å². The number of halogens is 1. The van der Waals surface area contributed by atoms with Crippen LogP contribution in [0.3, 0.4) is 0 Å². The van der Waals surface area contributed by atoms with Crippen molar-refractivity contribution in [1.29, 1.82) is 0 Å². The number of para-hydroxylation sites is 1. The Morgan fingerprint density at radius 3 is 2.35 bits per heavy atom. The van der Waals surface area contributed by atoms with Gasteiger partial charge < -0.3 is 25.8 Å². The van der Waals surface area contributed by atoms with Gasteiger partial charge in [0.15, 0.2) is 0 Å². The maximum atomic E-state index is 13.0. The molecule has 0 aliphatic carbocycles. The molecule has 194 valence electrons. The minimum Gasteiger partial charge on any atom is -0.368 e. The highest BCUT2D eigenvalue weighted by molar-refractivity contribution is 6.34. The topological polar surface area (TPSA) is 81.9 Å². The highest BCUT2D eigenvalue weighted by Crippen LogP contribution is 2.30. The van der Waals surface area contributed by atoms with Gasteiger partial charge in [-0.3, -0.25) is 9.59 Å². The van der Waals surface area contributed by atoms with Crippen LogP contribution in [0.4, 0.5) is 11.4 Å². The number of nitrogens with one attached hydrogen (secondary N) is 1. The van der Waals surface area contributed by atoms with Gasteiger partial charge in [0.1, 0.15) is 0 Å². The molecule has 0 aromatic heterocycles. The largest absolute Gasteiger partial charge is 0.368 e. The number of rotatable bonds is 8. The first kappa shape index (κ1) is 26.5. The van der Waals surface area contributed by atoms with Gasteiger partial charge in [0.25, 0.3) is 11.8 Å². The van der Waals surface area contributed by atoms with Crippen molar-refractivity contribution >= 4 is 34.8 Å². The van der Waals surface area contributed by atoms with E-state index in [9.17, 15) is 9.59 Å². The Bertz CT molecular complexity index is 1290. The number of nitrogens with zero attached hydrogens (tertiary/aromatic N) is 3. The average molecular weight is 522 g/mol. The van der Waals surface area contributed by atoms with Crippen LogP contribution >= 0.6 is 11.6 Å². The lowest BCUT2D eigenvalue weighted by molar-refractivity contribution is 0.0951. The molecule has 37 heavy (non-hydrogen) atoms. The number of primary amides is 1. The summed E-state index contributed by atoms with van der Waals surface area (Å²) >= 11 is 6.57. The Labute approximate surface area is 223 Å². The van der Waals surface area contributed by atoms with Gasteiger partial charge in [-0.25, -0.2) is 0 Å².